The SMILES string of the molecule is Cc1cccc2sc(CN3C(=O)C(CC(=O)O)Sc4ccccc43)nc12. The summed E-state index contributed by atoms with van der Waals surface area (Å²) >= 11 is 2.89. The molecule has 132 valence electrons. The van der Waals surface area contributed by atoms with Crippen molar-refractivity contribution in [1.82, 2.24) is 4.98 Å². The van der Waals surface area contributed by atoms with Crippen molar-refractivity contribution < 1.29 is 14.7 Å². The number of hydrogen-bond acceptors (Lipinski definition) is 5. The third kappa shape index (κ3) is 3.08. The zero-order chi connectivity index (χ0) is 18.3. The van der Waals surface area contributed by atoms with Gasteiger partial charge in [-0.1, -0.05) is 24.3 Å². The fourth-order valence-electron chi connectivity index (χ4n) is 3.06. The number of thiazole rings is 1. The number of para-hydroxylation sites is 2. The maximum atomic E-state index is 12.9. The van der Waals surface area contributed by atoms with Crippen LogP contribution in [0.25, 0.3) is 10.2 Å². The molecule has 2 heterocycles. The average Bonchev–Trinajstić information content (AvgIpc) is 3.02. The fourth-order valence-corrected chi connectivity index (χ4v) is 5.31. The summed E-state index contributed by atoms with van der Waals surface area (Å²) in [5.74, 6) is -1.14. The van der Waals surface area contributed by atoms with Gasteiger partial charge in [0, 0.05) is 4.90 Å². The molecule has 0 saturated carbocycles. The Morgan fingerprint density at radius 3 is 2.81 bits per heavy atom. The molecule has 1 aliphatic heterocycles. The average molecular weight is 384 g/mol. The number of thioether (sulfide) groups is 1. The molecular weight excluding hydrogens is 368 g/mol. The van der Waals surface area contributed by atoms with Gasteiger partial charge >= 0.3 is 5.97 Å². The van der Waals surface area contributed by atoms with Crippen molar-refractivity contribution in [2.24, 2.45) is 0 Å². The number of amides is 1. The largest absolute Gasteiger partial charge is 0.481 e. The standard InChI is InChI=1S/C19H16N2O3S2/c1-11-5-4-8-14-18(11)20-16(26-14)10-21-12-6-2-3-7-13(12)25-15(19(21)24)9-17(22)23/h2-8,15H,9-10H2,1H3,(H,22,23). The Bertz CT molecular complexity index is 1010. The molecule has 3 aromatic rings. The number of aliphatic carboxylic acids is 1. The number of fused-ring (bicyclic) bond motifs is 2. The number of carbonyl (C=O) groups excluding carboxylic acids is 1. The molecule has 26 heavy (non-hydrogen) atoms. The number of nitrogens with zero attached hydrogens (tertiary/aromatic N) is 2. The predicted molar refractivity (Wildman–Crippen MR) is 104 cm³/mol. The number of rotatable bonds is 4. The highest BCUT2D eigenvalue weighted by Crippen LogP contribution is 2.41. The van der Waals surface area contributed by atoms with Gasteiger partial charge in [0.15, 0.2) is 0 Å². The minimum absolute atomic E-state index is 0.174. The minimum atomic E-state index is -0.967. The number of anilines is 1. The number of aromatic nitrogens is 1. The number of carboxylic acids is 1. The molecule has 1 atom stereocenters. The lowest BCUT2D eigenvalue weighted by Gasteiger charge is -2.32. The number of hydrogen-bond donors (Lipinski definition) is 1. The van der Waals surface area contributed by atoms with E-state index in [1.807, 2.05) is 49.4 Å². The lowest BCUT2D eigenvalue weighted by molar-refractivity contribution is -0.138. The van der Waals surface area contributed by atoms with E-state index in [2.05, 4.69) is 0 Å². The van der Waals surface area contributed by atoms with E-state index in [1.165, 1.54) is 11.8 Å². The number of aryl methyl sites for hydroxylation is 1. The van der Waals surface area contributed by atoms with Gasteiger partial charge in [-0.25, -0.2) is 4.98 Å². The highest BCUT2D eigenvalue weighted by molar-refractivity contribution is 8.01. The third-order valence-electron chi connectivity index (χ3n) is 4.29. The fraction of sp³-hybridized carbons (Fsp3) is 0.211. The summed E-state index contributed by atoms with van der Waals surface area (Å²) in [6.07, 6.45) is -0.187. The van der Waals surface area contributed by atoms with Crippen LogP contribution in [0.5, 0.6) is 0 Å². The van der Waals surface area contributed by atoms with E-state index in [0.717, 1.165) is 31.4 Å². The zero-order valence-corrected chi connectivity index (χ0v) is 15.6. The molecule has 5 nitrogen and oxygen atoms in total. The second-order valence-corrected chi connectivity index (χ2v) is 8.49. The summed E-state index contributed by atoms with van der Waals surface area (Å²) < 4.78 is 1.09. The number of benzene rings is 2. The molecule has 0 radical (unpaired) electrons. The van der Waals surface area contributed by atoms with Gasteiger partial charge in [0.1, 0.15) is 5.01 Å². The van der Waals surface area contributed by atoms with Crippen molar-refractivity contribution >= 4 is 50.9 Å². The third-order valence-corrected chi connectivity index (χ3v) is 6.54. The van der Waals surface area contributed by atoms with E-state index in [0.29, 0.717) is 6.54 Å². The zero-order valence-electron chi connectivity index (χ0n) is 14.0. The Labute approximate surface area is 158 Å². The van der Waals surface area contributed by atoms with Gasteiger partial charge in [0.2, 0.25) is 5.91 Å². The van der Waals surface area contributed by atoms with Gasteiger partial charge in [-0.15, -0.1) is 23.1 Å². The molecule has 1 N–H and O–H groups in total. The number of carbonyl (C=O) groups is 2. The van der Waals surface area contributed by atoms with E-state index in [1.54, 1.807) is 16.2 Å². The van der Waals surface area contributed by atoms with Crippen LogP contribution in [0.2, 0.25) is 0 Å². The highest BCUT2D eigenvalue weighted by atomic mass is 32.2. The van der Waals surface area contributed by atoms with Crippen LogP contribution in [0.1, 0.15) is 17.0 Å². The molecule has 2 aromatic carbocycles. The van der Waals surface area contributed by atoms with Gasteiger partial charge in [0.25, 0.3) is 0 Å². The van der Waals surface area contributed by atoms with Crippen LogP contribution in [0, 0.1) is 6.92 Å². The van der Waals surface area contributed by atoms with Crippen LogP contribution in [0.15, 0.2) is 47.4 Å². The van der Waals surface area contributed by atoms with Crippen molar-refractivity contribution in [3.8, 4) is 0 Å². The van der Waals surface area contributed by atoms with E-state index < -0.39 is 11.2 Å². The van der Waals surface area contributed by atoms with Crippen LogP contribution in [0.3, 0.4) is 0 Å². The maximum Gasteiger partial charge on any atom is 0.305 e. The van der Waals surface area contributed by atoms with Crippen LogP contribution in [0.4, 0.5) is 5.69 Å². The quantitative estimate of drug-likeness (QED) is 0.734. The predicted octanol–water partition coefficient (Wildman–Crippen LogP) is 4.09. The second kappa shape index (κ2) is 6.74. The van der Waals surface area contributed by atoms with Crippen LogP contribution < -0.4 is 4.90 Å². The Kier molecular flexibility index (Phi) is 4.42. The van der Waals surface area contributed by atoms with Crippen molar-refractivity contribution in [2.75, 3.05) is 4.90 Å². The van der Waals surface area contributed by atoms with Crippen LogP contribution in [-0.2, 0) is 16.1 Å². The van der Waals surface area contributed by atoms with E-state index in [4.69, 9.17) is 10.1 Å². The summed E-state index contributed by atoms with van der Waals surface area (Å²) in [4.78, 5) is 31.4. The van der Waals surface area contributed by atoms with Gasteiger partial charge in [-0.05, 0) is 30.7 Å². The van der Waals surface area contributed by atoms with Crippen molar-refractivity contribution in [3.05, 3.63) is 53.0 Å². The maximum absolute atomic E-state index is 12.9. The van der Waals surface area contributed by atoms with Gasteiger partial charge < -0.3 is 10.0 Å². The summed E-state index contributed by atoms with van der Waals surface area (Å²) in [6.45, 7) is 2.37. The van der Waals surface area contributed by atoms with E-state index >= 15 is 0 Å². The lowest BCUT2D eigenvalue weighted by Crippen LogP contribution is -2.41. The molecule has 0 bridgehead atoms. The molecule has 1 unspecified atom stereocenters. The Hall–Kier alpha value is -2.38. The first kappa shape index (κ1) is 17.1. The molecule has 4 rings (SSSR count). The molecular formula is C19H16N2O3S2. The molecule has 0 saturated heterocycles. The normalized spacial score (nSPS) is 16.7. The van der Waals surface area contributed by atoms with Crippen molar-refractivity contribution in [3.63, 3.8) is 0 Å². The molecule has 7 heteroatoms. The van der Waals surface area contributed by atoms with Crippen molar-refractivity contribution in [1.29, 1.82) is 0 Å². The van der Waals surface area contributed by atoms with E-state index in [9.17, 15) is 9.59 Å². The topological polar surface area (TPSA) is 70.5 Å². The molecule has 1 aliphatic rings. The summed E-state index contributed by atoms with van der Waals surface area (Å²) in [7, 11) is 0. The van der Waals surface area contributed by atoms with Crippen molar-refractivity contribution in [2.45, 2.75) is 30.0 Å². The molecule has 0 fully saturated rings. The first-order valence-corrected chi connectivity index (χ1v) is 9.86. The summed E-state index contributed by atoms with van der Waals surface area (Å²) in [6, 6.07) is 13.7. The minimum Gasteiger partial charge on any atom is -0.481 e. The Morgan fingerprint density at radius 2 is 2.04 bits per heavy atom. The smallest absolute Gasteiger partial charge is 0.305 e. The molecule has 0 spiro atoms. The lowest BCUT2D eigenvalue weighted by atomic mass is 10.2. The molecule has 1 amide bonds. The Morgan fingerprint density at radius 1 is 1.23 bits per heavy atom. The second-order valence-electron chi connectivity index (χ2n) is 6.13. The Balaban J connectivity index is 1.71. The van der Waals surface area contributed by atoms with Crippen LogP contribution >= 0.6 is 23.1 Å². The molecule has 0 aliphatic carbocycles. The summed E-state index contributed by atoms with van der Waals surface area (Å²) in [5.41, 5.74) is 2.89. The summed E-state index contributed by atoms with van der Waals surface area (Å²) in [5, 5.41) is 9.37. The first-order chi connectivity index (χ1) is 12.5. The monoisotopic (exact) mass is 384 g/mol. The van der Waals surface area contributed by atoms with Crippen LogP contribution in [-0.4, -0.2) is 27.2 Å². The highest BCUT2D eigenvalue weighted by Gasteiger charge is 2.35. The van der Waals surface area contributed by atoms with Gasteiger partial charge in [0.05, 0.1) is 34.1 Å². The molecule has 1 aromatic heterocycles. The van der Waals surface area contributed by atoms with Gasteiger partial charge in [-0.2, -0.15) is 0 Å². The number of carboxylic acid groups (broad SMARTS) is 1. The van der Waals surface area contributed by atoms with E-state index in [-0.39, 0.29) is 12.3 Å². The van der Waals surface area contributed by atoms with Gasteiger partial charge in [-0.3, -0.25) is 9.59 Å². The first-order valence-electron chi connectivity index (χ1n) is 8.17.